The third-order valence-electron chi connectivity index (χ3n) is 8.15. The summed E-state index contributed by atoms with van der Waals surface area (Å²) in [5.74, 6) is -0.194. The third kappa shape index (κ3) is 5.70. The van der Waals surface area contributed by atoms with Crippen LogP contribution in [0.4, 0.5) is 5.69 Å². The molecule has 10 nitrogen and oxygen atoms in total. The molecule has 2 heterocycles. The molecule has 10 heteroatoms. The van der Waals surface area contributed by atoms with E-state index in [1.54, 1.807) is 24.1 Å². The van der Waals surface area contributed by atoms with Gasteiger partial charge in [0, 0.05) is 33.7 Å². The lowest BCUT2D eigenvalue weighted by Crippen LogP contribution is -2.23. The van der Waals surface area contributed by atoms with Gasteiger partial charge in [-0.15, -0.1) is 5.11 Å². The molecule has 2 amide bonds. The second kappa shape index (κ2) is 12.2. The fourth-order valence-corrected chi connectivity index (χ4v) is 5.72. The van der Waals surface area contributed by atoms with Gasteiger partial charge in [-0.1, -0.05) is 42.5 Å². The van der Waals surface area contributed by atoms with Gasteiger partial charge in [0.05, 0.1) is 26.3 Å². The van der Waals surface area contributed by atoms with Crippen molar-refractivity contribution < 1.29 is 29.3 Å². The fraction of sp³-hybridized carbons (Fsp3) is 0.200. The average Bonchev–Trinajstić information content (AvgIpc) is 3.52. The van der Waals surface area contributed by atoms with Crippen LogP contribution in [0.2, 0.25) is 0 Å². The number of aromatic hydroxyl groups is 2. The van der Waals surface area contributed by atoms with Gasteiger partial charge in [-0.3, -0.25) is 14.2 Å². The molecule has 1 aromatic heterocycles. The molecule has 0 aliphatic carbocycles. The number of amides is 2. The van der Waals surface area contributed by atoms with Crippen molar-refractivity contribution in [2.45, 2.75) is 39.0 Å². The highest BCUT2D eigenvalue weighted by molar-refractivity contribution is 6.10. The van der Waals surface area contributed by atoms with Gasteiger partial charge < -0.3 is 24.6 Å². The van der Waals surface area contributed by atoms with Crippen LogP contribution in [0.15, 0.2) is 90.0 Å². The zero-order valence-corrected chi connectivity index (χ0v) is 24.9. The van der Waals surface area contributed by atoms with Gasteiger partial charge >= 0.3 is 0 Å². The lowest BCUT2D eigenvalue weighted by atomic mass is 10.1. The second-order valence-electron chi connectivity index (χ2n) is 11.1. The smallest absolute Gasteiger partial charge is 0.294 e. The van der Waals surface area contributed by atoms with Crippen LogP contribution in [0.1, 0.15) is 50.8 Å². The molecule has 0 spiro atoms. The SMILES string of the molecule is COc1ccc(N2Cc3ccc(Cn4c(O)c5ccc(C(=O)N=N)cc5c4O)cc3C2=O)cc1OC(C)CCc1ccccc1. The minimum absolute atomic E-state index is 0.0821. The largest absolute Gasteiger partial charge is 0.494 e. The summed E-state index contributed by atoms with van der Waals surface area (Å²) in [5.41, 5.74) is 11.1. The van der Waals surface area contributed by atoms with E-state index < -0.39 is 5.91 Å². The predicted octanol–water partition coefficient (Wildman–Crippen LogP) is 6.84. The first-order valence-electron chi connectivity index (χ1n) is 14.6. The number of hydrogen-bond acceptors (Lipinski definition) is 7. The van der Waals surface area contributed by atoms with Gasteiger partial charge in [0.25, 0.3) is 11.8 Å². The predicted molar refractivity (Wildman–Crippen MR) is 169 cm³/mol. The van der Waals surface area contributed by atoms with E-state index >= 15 is 0 Å². The molecular formula is C35H32N4O6. The van der Waals surface area contributed by atoms with Gasteiger partial charge in [-0.25, -0.2) is 5.53 Å². The Kier molecular flexibility index (Phi) is 7.95. The van der Waals surface area contributed by atoms with Crippen molar-refractivity contribution in [3.8, 4) is 23.3 Å². The highest BCUT2D eigenvalue weighted by Gasteiger charge is 2.30. The maximum Gasteiger partial charge on any atom is 0.294 e. The van der Waals surface area contributed by atoms with E-state index in [4.69, 9.17) is 15.0 Å². The second-order valence-corrected chi connectivity index (χ2v) is 11.1. The van der Waals surface area contributed by atoms with Crippen LogP contribution in [0.25, 0.3) is 10.8 Å². The minimum Gasteiger partial charge on any atom is -0.494 e. The van der Waals surface area contributed by atoms with Crippen molar-refractivity contribution in [3.63, 3.8) is 0 Å². The zero-order valence-electron chi connectivity index (χ0n) is 24.9. The van der Waals surface area contributed by atoms with Gasteiger partial charge in [0.15, 0.2) is 11.5 Å². The summed E-state index contributed by atoms with van der Waals surface area (Å²) in [4.78, 5) is 27.2. The number of aromatic nitrogens is 1. The molecule has 0 fully saturated rings. The van der Waals surface area contributed by atoms with Crippen LogP contribution in [0.3, 0.4) is 0 Å². The Balaban J connectivity index is 1.21. The third-order valence-corrected chi connectivity index (χ3v) is 8.15. The molecule has 3 N–H and O–H groups in total. The van der Waals surface area contributed by atoms with Crippen molar-refractivity contribution >= 4 is 28.3 Å². The number of ether oxygens (including phenoxy) is 2. The molecular weight excluding hydrogens is 572 g/mol. The Morgan fingerprint density at radius 2 is 1.71 bits per heavy atom. The molecule has 0 saturated carbocycles. The molecule has 6 rings (SSSR count). The molecule has 4 aromatic carbocycles. The highest BCUT2D eigenvalue weighted by Crippen LogP contribution is 2.39. The number of benzene rings is 4. The number of rotatable bonds is 10. The summed E-state index contributed by atoms with van der Waals surface area (Å²) < 4.78 is 13.1. The number of methoxy groups -OCH3 is 1. The van der Waals surface area contributed by atoms with Crippen LogP contribution in [-0.4, -0.2) is 39.8 Å². The number of carbonyl (C=O) groups is 2. The van der Waals surface area contributed by atoms with Crippen LogP contribution in [-0.2, 0) is 19.5 Å². The Morgan fingerprint density at radius 3 is 2.47 bits per heavy atom. The molecule has 0 radical (unpaired) electrons. The maximum atomic E-state index is 13.6. The molecule has 0 saturated heterocycles. The van der Waals surface area contributed by atoms with Gasteiger partial charge in [0.1, 0.15) is 0 Å². The molecule has 45 heavy (non-hydrogen) atoms. The van der Waals surface area contributed by atoms with Gasteiger partial charge in [0.2, 0.25) is 11.8 Å². The number of nitrogens with one attached hydrogen (secondary N) is 1. The Morgan fingerprint density at radius 1 is 0.933 bits per heavy atom. The van der Waals surface area contributed by atoms with Crippen LogP contribution >= 0.6 is 0 Å². The number of carbonyl (C=O) groups excluding carboxylic acids is 2. The van der Waals surface area contributed by atoms with E-state index in [9.17, 15) is 19.8 Å². The first kappa shape index (κ1) is 29.4. The summed E-state index contributed by atoms with van der Waals surface area (Å²) in [7, 11) is 1.59. The van der Waals surface area contributed by atoms with Crippen LogP contribution in [0, 0.1) is 5.53 Å². The topological polar surface area (TPSA) is 137 Å². The average molecular weight is 605 g/mol. The molecule has 1 unspecified atom stereocenters. The highest BCUT2D eigenvalue weighted by atomic mass is 16.5. The number of fused-ring (bicyclic) bond motifs is 2. The van der Waals surface area contributed by atoms with Crippen molar-refractivity contribution in [2.24, 2.45) is 5.11 Å². The molecule has 5 aromatic rings. The molecule has 1 aliphatic heterocycles. The molecule has 1 atom stereocenters. The van der Waals surface area contributed by atoms with E-state index in [0.29, 0.717) is 40.2 Å². The van der Waals surface area contributed by atoms with E-state index in [-0.39, 0.29) is 41.3 Å². The Bertz CT molecular complexity index is 1930. The number of aryl methyl sites for hydroxylation is 1. The van der Waals surface area contributed by atoms with E-state index in [1.165, 1.54) is 28.3 Å². The Hall–Kier alpha value is -5.64. The maximum absolute atomic E-state index is 13.6. The number of anilines is 1. The minimum atomic E-state index is -0.752. The summed E-state index contributed by atoms with van der Waals surface area (Å²) >= 11 is 0. The van der Waals surface area contributed by atoms with E-state index in [0.717, 1.165) is 18.4 Å². The summed E-state index contributed by atoms with van der Waals surface area (Å²) in [6.07, 6.45) is 1.61. The Labute approximate surface area is 259 Å². The van der Waals surface area contributed by atoms with Crippen molar-refractivity contribution in [1.82, 2.24) is 4.57 Å². The normalized spacial score (nSPS) is 13.1. The van der Waals surface area contributed by atoms with Crippen LogP contribution in [0.5, 0.6) is 23.3 Å². The fourth-order valence-electron chi connectivity index (χ4n) is 5.72. The summed E-state index contributed by atoms with van der Waals surface area (Å²) in [6, 6.07) is 25.5. The summed E-state index contributed by atoms with van der Waals surface area (Å²) in [5, 5.41) is 25.3. The quantitative estimate of drug-likeness (QED) is 0.149. The standard InChI is InChI=1S/C35H32N4O6/c1-21(8-9-22-6-4-3-5-7-22)45-31-18-26(13-15-30(31)44-2)38-20-25-11-10-23(16-28(25)34(38)42)19-39-33(41)27-14-12-24(32(40)37-36)17-29(27)35(39)43/h3-7,10-18,21,36,41,43H,8-9,19-20H2,1-2H3. The van der Waals surface area contributed by atoms with Crippen molar-refractivity contribution in [1.29, 1.82) is 5.53 Å². The number of nitrogens with zero attached hydrogens (tertiary/aromatic N) is 3. The monoisotopic (exact) mass is 604 g/mol. The van der Waals surface area contributed by atoms with Crippen molar-refractivity contribution in [2.75, 3.05) is 12.0 Å². The van der Waals surface area contributed by atoms with E-state index in [1.807, 2.05) is 49.4 Å². The summed E-state index contributed by atoms with van der Waals surface area (Å²) in [6.45, 7) is 2.48. The lowest BCUT2D eigenvalue weighted by molar-refractivity contribution is 0.0985. The molecule has 228 valence electrons. The van der Waals surface area contributed by atoms with E-state index in [2.05, 4.69) is 17.2 Å². The lowest BCUT2D eigenvalue weighted by Gasteiger charge is -2.21. The van der Waals surface area contributed by atoms with Gasteiger partial charge in [-0.2, -0.15) is 0 Å². The first-order chi connectivity index (χ1) is 21.8. The number of hydrogen-bond donors (Lipinski definition) is 3. The molecule has 0 bridgehead atoms. The van der Waals surface area contributed by atoms with Crippen LogP contribution < -0.4 is 14.4 Å². The van der Waals surface area contributed by atoms with Crippen molar-refractivity contribution in [3.05, 3.63) is 113 Å². The van der Waals surface area contributed by atoms with Gasteiger partial charge in [-0.05, 0) is 72.9 Å². The molecule has 1 aliphatic rings. The first-order valence-corrected chi connectivity index (χ1v) is 14.6. The zero-order chi connectivity index (χ0) is 31.7.